The number of hydrogen-bond acceptors (Lipinski definition) is 3. The van der Waals surface area contributed by atoms with Crippen molar-refractivity contribution < 1.29 is 9.53 Å². The Morgan fingerprint density at radius 3 is 2.94 bits per heavy atom. The van der Waals surface area contributed by atoms with Crippen molar-refractivity contribution in [2.24, 2.45) is 5.41 Å². The number of fused-ring (bicyclic) bond motifs is 1. The summed E-state index contributed by atoms with van der Waals surface area (Å²) in [6.45, 7) is 0. The fourth-order valence-corrected chi connectivity index (χ4v) is 3.24. The van der Waals surface area contributed by atoms with Crippen LogP contribution in [0.25, 0.3) is 0 Å². The van der Waals surface area contributed by atoms with Gasteiger partial charge in [0.2, 0.25) is 5.91 Å². The molecule has 0 saturated heterocycles. The quantitative estimate of drug-likeness (QED) is 0.813. The highest BCUT2D eigenvalue weighted by Gasteiger charge is 2.50. The summed E-state index contributed by atoms with van der Waals surface area (Å²) >= 11 is 1.75. The van der Waals surface area contributed by atoms with Gasteiger partial charge in [0.25, 0.3) is 0 Å². The van der Waals surface area contributed by atoms with Gasteiger partial charge in [-0.2, -0.15) is 0 Å². The maximum Gasteiger partial charge on any atom is 0.231 e. The van der Waals surface area contributed by atoms with E-state index in [-0.39, 0.29) is 11.3 Å². The van der Waals surface area contributed by atoms with Crippen molar-refractivity contribution >= 4 is 23.4 Å². The van der Waals surface area contributed by atoms with Gasteiger partial charge in [-0.1, -0.05) is 0 Å². The number of rotatable bonds is 1. The van der Waals surface area contributed by atoms with E-state index in [9.17, 15) is 4.79 Å². The van der Waals surface area contributed by atoms with E-state index in [4.69, 9.17) is 4.74 Å². The van der Waals surface area contributed by atoms with Gasteiger partial charge in [-0.25, -0.2) is 0 Å². The second-order valence-corrected chi connectivity index (χ2v) is 5.40. The molecule has 3 rings (SSSR count). The molecule has 0 radical (unpaired) electrons. The molecule has 3 nitrogen and oxygen atoms in total. The second-order valence-electron chi connectivity index (χ2n) is 4.39. The van der Waals surface area contributed by atoms with Gasteiger partial charge >= 0.3 is 0 Å². The summed E-state index contributed by atoms with van der Waals surface area (Å²) < 4.78 is 5.19. The van der Waals surface area contributed by atoms with Gasteiger partial charge in [0.15, 0.2) is 0 Å². The maximum atomic E-state index is 12.0. The lowest BCUT2D eigenvalue weighted by Gasteiger charge is -2.09. The number of carbonyl (C=O) groups is 1. The lowest BCUT2D eigenvalue weighted by Crippen LogP contribution is -2.24. The summed E-state index contributed by atoms with van der Waals surface area (Å²) in [5.74, 6) is 1.91. The normalized spacial score (nSPS) is 20.9. The number of nitrogens with one attached hydrogen (secondary N) is 1. The molecule has 0 aromatic heterocycles. The molecule has 1 spiro atoms. The van der Waals surface area contributed by atoms with Gasteiger partial charge in [0.05, 0.1) is 18.2 Å². The van der Waals surface area contributed by atoms with Crippen molar-refractivity contribution in [3.63, 3.8) is 0 Å². The van der Waals surface area contributed by atoms with E-state index in [1.165, 1.54) is 0 Å². The van der Waals surface area contributed by atoms with Crippen molar-refractivity contribution in [3.8, 4) is 5.75 Å². The Hall–Kier alpha value is -1.16. The minimum Gasteiger partial charge on any atom is -0.497 e. The first-order chi connectivity index (χ1) is 7.73. The number of carbonyl (C=O) groups excluding carboxylic acids is 1. The Kier molecular flexibility index (Phi) is 2.14. The van der Waals surface area contributed by atoms with E-state index in [0.717, 1.165) is 34.9 Å². The molecule has 1 N–H and O–H groups in total. The molecule has 0 atom stereocenters. The standard InChI is InChI=1S/C12H13NO2S/c1-15-8-2-3-9-10(6-8)16-7-12(4-5-12)11(14)13-9/h2-3,6H,4-5,7H2,1H3,(H,13,14). The van der Waals surface area contributed by atoms with Crippen molar-refractivity contribution in [2.75, 3.05) is 18.2 Å². The third-order valence-corrected chi connectivity index (χ3v) is 4.62. The van der Waals surface area contributed by atoms with Gasteiger partial charge in [-0.15, -0.1) is 11.8 Å². The predicted molar refractivity (Wildman–Crippen MR) is 64.0 cm³/mol. The number of benzene rings is 1. The average Bonchev–Trinajstić information content (AvgIpc) is 3.09. The van der Waals surface area contributed by atoms with Crippen LogP contribution in [-0.4, -0.2) is 18.8 Å². The predicted octanol–water partition coefficient (Wildman–Crippen LogP) is 2.52. The molecule has 1 amide bonds. The van der Waals surface area contributed by atoms with E-state index >= 15 is 0 Å². The zero-order valence-corrected chi connectivity index (χ0v) is 9.89. The van der Waals surface area contributed by atoms with Gasteiger partial charge < -0.3 is 10.1 Å². The Morgan fingerprint density at radius 2 is 2.25 bits per heavy atom. The second kappa shape index (κ2) is 3.42. The molecule has 0 bridgehead atoms. The summed E-state index contributed by atoms with van der Waals surface area (Å²) in [7, 11) is 1.66. The monoisotopic (exact) mass is 235 g/mol. The number of ether oxygens (including phenoxy) is 1. The van der Waals surface area contributed by atoms with E-state index in [1.807, 2.05) is 18.2 Å². The van der Waals surface area contributed by atoms with Crippen LogP contribution >= 0.6 is 11.8 Å². The molecule has 2 aliphatic rings. The molecule has 1 aromatic carbocycles. The Labute approximate surface area is 98.6 Å². The zero-order valence-electron chi connectivity index (χ0n) is 9.08. The number of hydrogen-bond donors (Lipinski definition) is 1. The van der Waals surface area contributed by atoms with Crippen molar-refractivity contribution in [1.82, 2.24) is 0 Å². The third kappa shape index (κ3) is 1.48. The number of anilines is 1. The van der Waals surface area contributed by atoms with Crippen LogP contribution in [0.2, 0.25) is 0 Å². The zero-order chi connectivity index (χ0) is 11.2. The first kappa shape index (κ1) is 10.0. The lowest BCUT2D eigenvalue weighted by molar-refractivity contribution is -0.120. The summed E-state index contributed by atoms with van der Waals surface area (Å²) in [5.41, 5.74) is 0.830. The smallest absolute Gasteiger partial charge is 0.231 e. The van der Waals surface area contributed by atoms with Crippen LogP contribution in [0, 0.1) is 5.41 Å². The van der Waals surface area contributed by atoms with Crippen LogP contribution in [0.4, 0.5) is 5.69 Å². The fourth-order valence-electron chi connectivity index (χ4n) is 1.91. The number of methoxy groups -OCH3 is 1. The minimum absolute atomic E-state index is 0.0864. The highest BCUT2D eigenvalue weighted by atomic mass is 32.2. The fraction of sp³-hybridized carbons (Fsp3) is 0.417. The molecule has 1 heterocycles. The van der Waals surface area contributed by atoms with Crippen molar-refractivity contribution in [1.29, 1.82) is 0 Å². The molecule has 1 aliphatic heterocycles. The molecular weight excluding hydrogens is 222 g/mol. The molecule has 1 saturated carbocycles. The maximum absolute atomic E-state index is 12.0. The summed E-state index contributed by atoms with van der Waals surface area (Å²) in [6.07, 6.45) is 2.05. The Balaban J connectivity index is 1.96. The van der Waals surface area contributed by atoms with E-state index in [2.05, 4.69) is 5.32 Å². The molecule has 0 unspecified atom stereocenters. The highest BCUT2D eigenvalue weighted by Crippen LogP contribution is 2.52. The first-order valence-corrected chi connectivity index (χ1v) is 6.34. The van der Waals surface area contributed by atoms with E-state index in [0.29, 0.717) is 0 Å². The van der Waals surface area contributed by atoms with E-state index in [1.54, 1.807) is 18.9 Å². The molecule has 16 heavy (non-hydrogen) atoms. The van der Waals surface area contributed by atoms with Gasteiger partial charge in [-0.3, -0.25) is 4.79 Å². The lowest BCUT2D eigenvalue weighted by atomic mass is 10.1. The van der Waals surface area contributed by atoms with Crippen molar-refractivity contribution in [2.45, 2.75) is 17.7 Å². The highest BCUT2D eigenvalue weighted by molar-refractivity contribution is 7.99. The molecule has 4 heteroatoms. The Bertz CT molecular complexity index is 454. The number of amides is 1. The van der Waals surface area contributed by atoms with Gasteiger partial charge in [0.1, 0.15) is 5.75 Å². The first-order valence-electron chi connectivity index (χ1n) is 5.36. The van der Waals surface area contributed by atoms with Crippen molar-refractivity contribution in [3.05, 3.63) is 18.2 Å². The van der Waals surface area contributed by atoms with Crippen LogP contribution < -0.4 is 10.1 Å². The Morgan fingerprint density at radius 1 is 1.44 bits per heavy atom. The molecule has 1 aliphatic carbocycles. The third-order valence-electron chi connectivity index (χ3n) is 3.28. The summed E-state index contributed by atoms with van der Waals surface area (Å²) in [6, 6.07) is 5.78. The minimum atomic E-state index is -0.0864. The largest absolute Gasteiger partial charge is 0.497 e. The number of thioether (sulfide) groups is 1. The molecular formula is C12H13NO2S. The molecule has 84 valence electrons. The summed E-state index contributed by atoms with van der Waals surface area (Å²) in [4.78, 5) is 13.1. The van der Waals surface area contributed by atoms with Crippen LogP contribution in [0.1, 0.15) is 12.8 Å². The van der Waals surface area contributed by atoms with Gasteiger partial charge in [0, 0.05) is 10.6 Å². The van der Waals surface area contributed by atoms with Crippen LogP contribution in [0.15, 0.2) is 23.1 Å². The SMILES string of the molecule is COc1ccc2c(c1)SCC1(CC1)C(=O)N2. The van der Waals surface area contributed by atoms with Crippen LogP contribution in [0.5, 0.6) is 5.75 Å². The molecule has 1 aromatic rings. The van der Waals surface area contributed by atoms with E-state index < -0.39 is 0 Å². The summed E-state index contributed by atoms with van der Waals surface area (Å²) in [5, 5.41) is 3.01. The van der Waals surface area contributed by atoms with Crippen LogP contribution in [-0.2, 0) is 4.79 Å². The van der Waals surface area contributed by atoms with Crippen LogP contribution in [0.3, 0.4) is 0 Å². The molecule has 1 fully saturated rings. The topological polar surface area (TPSA) is 38.3 Å². The van der Waals surface area contributed by atoms with Gasteiger partial charge in [-0.05, 0) is 31.0 Å². The average molecular weight is 235 g/mol.